The lowest BCUT2D eigenvalue weighted by Crippen LogP contribution is -2.24. The zero-order valence-corrected chi connectivity index (χ0v) is 18.7. The van der Waals surface area contributed by atoms with Crippen LogP contribution < -0.4 is 5.32 Å². The predicted octanol–water partition coefficient (Wildman–Crippen LogP) is 6.32. The number of carbonyl (C=O) groups is 1. The van der Waals surface area contributed by atoms with Gasteiger partial charge in [-0.1, -0.05) is 54.1 Å². The summed E-state index contributed by atoms with van der Waals surface area (Å²) < 4.78 is 2.30. The standard InChI is InChI=1S/C27H27ClN2O/c1-19-20(2)30(18-22-10-13-24(28)14-11-22)26-15-12-23(17-25(19)26)27(31)29-16-6-9-21-7-4-3-5-8-21/h3-5,7-8,10-15,17H,6,9,16,18H2,1-2H3,(H,29,31). The molecule has 0 atom stereocenters. The number of halogens is 1. The van der Waals surface area contributed by atoms with Gasteiger partial charge in [-0.25, -0.2) is 0 Å². The molecule has 1 aromatic heterocycles. The maximum absolute atomic E-state index is 12.7. The molecule has 4 rings (SSSR count). The molecule has 4 aromatic rings. The van der Waals surface area contributed by atoms with E-state index in [2.05, 4.69) is 54.1 Å². The first-order chi connectivity index (χ1) is 15.0. The summed E-state index contributed by atoms with van der Waals surface area (Å²) >= 11 is 6.02. The van der Waals surface area contributed by atoms with Gasteiger partial charge in [0.15, 0.2) is 0 Å². The van der Waals surface area contributed by atoms with Gasteiger partial charge in [0.2, 0.25) is 0 Å². The van der Waals surface area contributed by atoms with E-state index in [1.807, 2.05) is 42.5 Å². The summed E-state index contributed by atoms with van der Waals surface area (Å²) in [4.78, 5) is 12.7. The third-order valence-corrected chi connectivity index (χ3v) is 6.18. The van der Waals surface area contributed by atoms with Gasteiger partial charge in [-0.05, 0) is 73.7 Å². The molecule has 0 aliphatic carbocycles. The summed E-state index contributed by atoms with van der Waals surface area (Å²) in [5, 5.41) is 4.93. The minimum Gasteiger partial charge on any atom is -0.352 e. The van der Waals surface area contributed by atoms with Gasteiger partial charge < -0.3 is 9.88 Å². The molecule has 0 spiro atoms. The lowest BCUT2D eigenvalue weighted by atomic mass is 10.1. The molecule has 0 aliphatic heterocycles. The van der Waals surface area contributed by atoms with Crippen LogP contribution in [0, 0.1) is 13.8 Å². The van der Waals surface area contributed by atoms with E-state index in [1.165, 1.54) is 22.4 Å². The van der Waals surface area contributed by atoms with Crippen LogP contribution in [0.25, 0.3) is 10.9 Å². The Morgan fingerprint density at radius 1 is 0.935 bits per heavy atom. The molecule has 0 saturated carbocycles. The van der Waals surface area contributed by atoms with Crippen LogP contribution in [0.1, 0.15) is 39.2 Å². The SMILES string of the molecule is Cc1c(C)n(Cc2ccc(Cl)cc2)c2ccc(C(=O)NCCCc3ccccc3)cc12. The molecule has 0 saturated heterocycles. The van der Waals surface area contributed by atoms with Crippen molar-refractivity contribution in [1.29, 1.82) is 0 Å². The molecule has 0 radical (unpaired) electrons. The summed E-state index contributed by atoms with van der Waals surface area (Å²) in [6, 6.07) is 24.3. The van der Waals surface area contributed by atoms with Crippen LogP contribution in [0.5, 0.6) is 0 Å². The molecule has 158 valence electrons. The topological polar surface area (TPSA) is 34.0 Å². The highest BCUT2D eigenvalue weighted by molar-refractivity contribution is 6.30. The van der Waals surface area contributed by atoms with Gasteiger partial charge in [-0.2, -0.15) is 0 Å². The van der Waals surface area contributed by atoms with E-state index in [1.54, 1.807) is 0 Å². The maximum Gasteiger partial charge on any atom is 0.251 e. The normalized spacial score (nSPS) is 11.1. The predicted molar refractivity (Wildman–Crippen MR) is 129 cm³/mol. The van der Waals surface area contributed by atoms with Crippen LogP contribution in [-0.4, -0.2) is 17.0 Å². The van der Waals surface area contributed by atoms with Gasteiger partial charge in [0.1, 0.15) is 0 Å². The van der Waals surface area contributed by atoms with Crippen molar-refractivity contribution in [1.82, 2.24) is 9.88 Å². The molecule has 3 aromatic carbocycles. The molecule has 3 nitrogen and oxygen atoms in total. The Balaban J connectivity index is 1.46. The van der Waals surface area contributed by atoms with Crippen molar-refractivity contribution in [3.8, 4) is 0 Å². The fraction of sp³-hybridized carbons (Fsp3) is 0.222. The van der Waals surface area contributed by atoms with Crippen LogP contribution >= 0.6 is 11.6 Å². The Hall–Kier alpha value is -3.04. The lowest BCUT2D eigenvalue weighted by molar-refractivity contribution is 0.0953. The average Bonchev–Trinajstić information content (AvgIpc) is 3.03. The van der Waals surface area contributed by atoms with Crippen molar-refractivity contribution < 1.29 is 4.79 Å². The van der Waals surface area contributed by atoms with E-state index in [0.29, 0.717) is 12.1 Å². The minimum absolute atomic E-state index is 0.0162. The second-order valence-electron chi connectivity index (χ2n) is 8.00. The average molecular weight is 431 g/mol. The van der Waals surface area contributed by atoms with Crippen molar-refractivity contribution in [2.75, 3.05) is 6.54 Å². The number of rotatable bonds is 7. The van der Waals surface area contributed by atoms with Crippen molar-refractivity contribution in [2.24, 2.45) is 0 Å². The van der Waals surface area contributed by atoms with Gasteiger partial charge in [-0.3, -0.25) is 4.79 Å². The van der Waals surface area contributed by atoms with Crippen LogP contribution in [0.2, 0.25) is 5.02 Å². The van der Waals surface area contributed by atoms with E-state index in [0.717, 1.165) is 35.3 Å². The highest BCUT2D eigenvalue weighted by Gasteiger charge is 2.14. The van der Waals surface area contributed by atoms with Gasteiger partial charge >= 0.3 is 0 Å². The van der Waals surface area contributed by atoms with Gasteiger partial charge in [0.05, 0.1) is 0 Å². The minimum atomic E-state index is -0.0162. The highest BCUT2D eigenvalue weighted by atomic mass is 35.5. The summed E-state index contributed by atoms with van der Waals surface area (Å²) in [6.45, 7) is 5.70. The fourth-order valence-corrected chi connectivity index (χ4v) is 4.13. The van der Waals surface area contributed by atoms with Gasteiger partial charge in [-0.15, -0.1) is 0 Å². The first-order valence-corrected chi connectivity index (χ1v) is 11.1. The molecular formula is C27H27ClN2O. The zero-order valence-electron chi connectivity index (χ0n) is 18.0. The number of carbonyl (C=O) groups excluding carboxylic acids is 1. The maximum atomic E-state index is 12.7. The monoisotopic (exact) mass is 430 g/mol. The molecule has 0 fully saturated rings. The van der Waals surface area contributed by atoms with Crippen molar-refractivity contribution in [3.05, 3.63) is 106 Å². The van der Waals surface area contributed by atoms with Crippen LogP contribution in [0.4, 0.5) is 0 Å². The number of nitrogens with one attached hydrogen (secondary N) is 1. The molecule has 1 heterocycles. The first-order valence-electron chi connectivity index (χ1n) is 10.7. The number of amides is 1. The molecule has 1 amide bonds. The molecule has 0 bridgehead atoms. The second kappa shape index (κ2) is 9.40. The Kier molecular flexibility index (Phi) is 6.43. The van der Waals surface area contributed by atoms with Crippen LogP contribution in [-0.2, 0) is 13.0 Å². The van der Waals surface area contributed by atoms with E-state index < -0.39 is 0 Å². The van der Waals surface area contributed by atoms with E-state index in [-0.39, 0.29) is 5.91 Å². The molecular weight excluding hydrogens is 404 g/mol. The summed E-state index contributed by atoms with van der Waals surface area (Å²) in [7, 11) is 0. The van der Waals surface area contributed by atoms with Crippen LogP contribution in [0.3, 0.4) is 0 Å². The molecule has 31 heavy (non-hydrogen) atoms. The number of fused-ring (bicyclic) bond motifs is 1. The highest BCUT2D eigenvalue weighted by Crippen LogP contribution is 2.27. The fourth-order valence-electron chi connectivity index (χ4n) is 4.01. The van der Waals surface area contributed by atoms with Crippen molar-refractivity contribution >= 4 is 28.4 Å². The lowest BCUT2D eigenvalue weighted by Gasteiger charge is -2.10. The van der Waals surface area contributed by atoms with E-state index in [4.69, 9.17) is 11.6 Å². The van der Waals surface area contributed by atoms with E-state index in [9.17, 15) is 4.79 Å². The zero-order chi connectivity index (χ0) is 21.8. The van der Waals surface area contributed by atoms with Gasteiger partial charge in [0.25, 0.3) is 5.91 Å². The Bertz CT molecular complexity index is 1190. The number of aryl methyl sites for hydroxylation is 2. The molecule has 0 unspecified atom stereocenters. The summed E-state index contributed by atoms with van der Waals surface area (Å²) in [6.07, 6.45) is 1.89. The van der Waals surface area contributed by atoms with Gasteiger partial charge in [0, 0.05) is 40.3 Å². The molecule has 4 heteroatoms. The Morgan fingerprint density at radius 2 is 1.68 bits per heavy atom. The molecule has 1 N–H and O–H groups in total. The smallest absolute Gasteiger partial charge is 0.251 e. The van der Waals surface area contributed by atoms with Crippen molar-refractivity contribution in [2.45, 2.75) is 33.2 Å². The number of hydrogen-bond donors (Lipinski definition) is 1. The Morgan fingerprint density at radius 3 is 2.42 bits per heavy atom. The quantitative estimate of drug-likeness (QED) is 0.342. The largest absolute Gasteiger partial charge is 0.352 e. The number of aromatic nitrogens is 1. The summed E-state index contributed by atoms with van der Waals surface area (Å²) in [5.74, 6) is -0.0162. The Labute approximate surface area is 188 Å². The van der Waals surface area contributed by atoms with Crippen LogP contribution in [0.15, 0.2) is 72.8 Å². The molecule has 0 aliphatic rings. The third kappa shape index (κ3) is 4.83. The van der Waals surface area contributed by atoms with Crippen molar-refractivity contribution in [3.63, 3.8) is 0 Å². The number of nitrogens with zero attached hydrogens (tertiary/aromatic N) is 1. The third-order valence-electron chi connectivity index (χ3n) is 5.93. The van der Waals surface area contributed by atoms with E-state index >= 15 is 0 Å². The first kappa shape index (κ1) is 21.2. The summed E-state index contributed by atoms with van der Waals surface area (Å²) in [5.41, 5.74) is 6.77. The number of benzene rings is 3. The number of hydrogen-bond acceptors (Lipinski definition) is 1. The second-order valence-corrected chi connectivity index (χ2v) is 8.44.